The molecule has 1 aromatic rings. The second-order valence-electron chi connectivity index (χ2n) is 5.20. The van der Waals surface area contributed by atoms with E-state index in [0.29, 0.717) is 18.4 Å². The first kappa shape index (κ1) is 13.6. The summed E-state index contributed by atoms with van der Waals surface area (Å²) in [6, 6.07) is 4.85. The molecule has 2 N–H and O–H groups in total. The smallest absolute Gasteiger partial charge is 0.223 e. The monoisotopic (exact) mass is 266 g/mol. The number of thiophene rings is 1. The number of carbonyl (C=O) groups is 1. The van der Waals surface area contributed by atoms with E-state index in [9.17, 15) is 4.79 Å². The first-order valence-electron chi connectivity index (χ1n) is 6.74. The average Bonchev–Trinajstić information content (AvgIpc) is 3.02. The van der Waals surface area contributed by atoms with Crippen molar-refractivity contribution in [3.8, 4) is 0 Å². The van der Waals surface area contributed by atoms with Gasteiger partial charge >= 0.3 is 0 Å². The first-order chi connectivity index (χ1) is 8.66. The van der Waals surface area contributed by atoms with Crippen LogP contribution in [0.25, 0.3) is 0 Å². The predicted octanol–water partition coefficient (Wildman–Crippen LogP) is 2.76. The molecule has 1 unspecified atom stereocenters. The van der Waals surface area contributed by atoms with Gasteiger partial charge in [-0.25, -0.2) is 0 Å². The van der Waals surface area contributed by atoms with Crippen molar-refractivity contribution in [1.29, 1.82) is 0 Å². The third kappa shape index (κ3) is 4.10. The summed E-state index contributed by atoms with van der Waals surface area (Å²) in [6.45, 7) is 2.79. The maximum Gasteiger partial charge on any atom is 0.223 e. The fourth-order valence-corrected chi connectivity index (χ4v) is 2.80. The van der Waals surface area contributed by atoms with Gasteiger partial charge in [-0.1, -0.05) is 6.07 Å². The van der Waals surface area contributed by atoms with Crippen LogP contribution in [0, 0.1) is 0 Å². The van der Waals surface area contributed by atoms with Gasteiger partial charge in [-0.15, -0.1) is 11.3 Å². The van der Waals surface area contributed by atoms with Gasteiger partial charge in [-0.2, -0.15) is 0 Å². The molecule has 3 nitrogen and oxygen atoms in total. The molecule has 0 saturated heterocycles. The Morgan fingerprint density at radius 1 is 1.61 bits per heavy atom. The van der Waals surface area contributed by atoms with Crippen LogP contribution in [0.15, 0.2) is 17.5 Å². The zero-order valence-corrected chi connectivity index (χ0v) is 11.8. The summed E-state index contributed by atoms with van der Waals surface area (Å²) in [6.07, 6.45) is 4.83. The van der Waals surface area contributed by atoms with Crippen molar-refractivity contribution in [3.05, 3.63) is 22.4 Å². The molecule has 2 rings (SSSR count). The minimum absolute atomic E-state index is 0.199. The Labute approximate surface area is 113 Å². The van der Waals surface area contributed by atoms with Gasteiger partial charge in [0.1, 0.15) is 0 Å². The van der Waals surface area contributed by atoms with Crippen LogP contribution in [-0.4, -0.2) is 22.9 Å². The molecule has 1 saturated carbocycles. The second kappa shape index (κ2) is 6.34. The van der Waals surface area contributed by atoms with Crippen LogP contribution in [-0.2, 0) is 11.3 Å². The predicted molar refractivity (Wildman–Crippen MR) is 75.4 cm³/mol. The molecule has 1 amide bonds. The highest BCUT2D eigenvalue weighted by molar-refractivity contribution is 7.09. The molecule has 1 aliphatic rings. The summed E-state index contributed by atoms with van der Waals surface area (Å²) >= 11 is 1.73. The zero-order valence-electron chi connectivity index (χ0n) is 11.0. The van der Waals surface area contributed by atoms with Gasteiger partial charge in [-0.3, -0.25) is 4.79 Å². The lowest BCUT2D eigenvalue weighted by atomic mass is 10.1. The summed E-state index contributed by atoms with van der Waals surface area (Å²) < 4.78 is 0. The first-order valence-corrected chi connectivity index (χ1v) is 7.62. The Morgan fingerprint density at radius 2 is 2.39 bits per heavy atom. The van der Waals surface area contributed by atoms with E-state index in [4.69, 9.17) is 5.73 Å². The van der Waals surface area contributed by atoms with Crippen LogP contribution >= 0.6 is 11.3 Å². The van der Waals surface area contributed by atoms with Gasteiger partial charge in [0.25, 0.3) is 0 Å². The van der Waals surface area contributed by atoms with E-state index in [1.54, 1.807) is 11.3 Å². The highest BCUT2D eigenvalue weighted by atomic mass is 32.1. The second-order valence-corrected chi connectivity index (χ2v) is 6.23. The summed E-state index contributed by atoms with van der Waals surface area (Å²) in [5.74, 6) is 0.298. The van der Waals surface area contributed by atoms with Crippen LogP contribution in [0.2, 0.25) is 0 Å². The zero-order chi connectivity index (χ0) is 13.0. The topological polar surface area (TPSA) is 46.3 Å². The van der Waals surface area contributed by atoms with Gasteiger partial charge in [-0.05, 0) is 44.1 Å². The standard InChI is InChI=1S/C14H22N2OS/c1-11(15)4-2-6-14(17)16(12-7-8-12)10-13-5-3-9-18-13/h3,5,9,11-12H,2,4,6-8,10,15H2,1H3. The van der Waals surface area contributed by atoms with Crippen molar-refractivity contribution >= 4 is 17.2 Å². The number of nitrogens with two attached hydrogens (primary N) is 1. The Kier molecular flexibility index (Phi) is 4.78. The van der Waals surface area contributed by atoms with E-state index in [0.717, 1.165) is 19.4 Å². The van der Waals surface area contributed by atoms with Crippen molar-refractivity contribution in [2.24, 2.45) is 5.73 Å². The van der Waals surface area contributed by atoms with E-state index in [-0.39, 0.29) is 6.04 Å². The Hall–Kier alpha value is -0.870. The van der Waals surface area contributed by atoms with Crippen LogP contribution in [0.1, 0.15) is 43.9 Å². The maximum atomic E-state index is 12.2. The molecule has 0 radical (unpaired) electrons. The lowest BCUT2D eigenvalue weighted by Crippen LogP contribution is -2.32. The quantitative estimate of drug-likeness (QED) is 0.825. The highest BCUT2D eigenvalue weighted by Gasteiger charge is 2.32. The Bertz CT molecular complexity index is 371. The van der Waals surface area contributed by atoms with Crippen molar-refractivity contribution < 1.29 is 4.79 Å². The van der Waals surface area contributed by atoms with Gasteiger partial charge in [0.05, 0.1) is 6.54 Å². The van der Waals surface area contributed by atoms with Crippen molar-refractivity contribution in [1.82, 2.24) is 4.90 Å². The minimum Gasteiger partial charge on any atom is -0.335 e. The van der Waals surface area contributed by atoms with Crippen LogP contribution in [0.5, 0.6) is 0 Å². The Morgan fingerprint density at radius 3 is 2.94 bits per heavy atom. The molecule has 4 heteroatoms. The van der Waals surface area contributed by atoms with Gasteiger partial charge in [0.15, 0.2) is 0 Å². The number of amides is 1. The molecule has 0 aliphatic heterocycles. The molecule has 1 aliphatic carbocycles. The summed E-state index contributed by atoms with van der Waals surface area (Å²) in [7, 11) is 0. The van der Waals surface area contributed by atoms with Crippen LogP contribution < -0.4 is 5.73 Å². The average molecular weight is 266 g/mol. The molecule has 18 heavy (non-hydrogen) atoms. The fraction of sp³-hybridized carbons (Fsp3) is 0.643. The largest absolute Gasteiger partial charge is 0.335 e. The molecular weight excluding hydrogens is 244 g/mol. The van der Waals surface area contributed by atoms with E-state index in [1.165, 1.54) is 17.7 Å². The lowest BCUT2D eigenvalue weighted by Gasteiger charge is -2.22. The minimum atomic E-state index is 0.199. The molecule has 100 valence electrons. The van der Waals surface area contributed by atoms with E-state index < -0.39 is 0 Å². The van der Waals surface area contributed by atoms with E-state index in [2.05, 4.69) is 16.3 Å². The van der Waals surface area contributed by atoms with Crippen molar-refractivity contribution in [2.75, 3.05) is 0 Å². The van der Waals surface area contributed by atoms with Crippen LogP contribution in [0.4, 0.5) is 0 Å². The molecule has 1 fully saturated rings. The molecule has 1 aromatic heterocycles. The molecule has 0 bridgehead atoms. The number of rotatable bonds is 7. The highest BCUT2D eigenvalue weighted by Crippen LogP contribution is 2.30. The molecule has 1 heterocycles. The van der Waals surface area contributed by atoms with Gasteiger partial charge < -0.3 is 10.6 Å². The number of hydrogen-bond acceptors (Lipinski definition) is 3. The molecule has 0 spiro atoms. The fourth-order valence-electron chi connectivity index (χ4n) is 2.10. The number of carbonyl (C=O) groups excluding carboxylic acids is 1. The number of nitrogens with zero attached hydrogens (tertiary/aromatic N) is 1. The van der Waals surface area contributed by atoms with E-state index >= 15 is 0 Å². The SMILES string of the molecule is CC(N)CCCC(=O)N(Cc1cccs1)C1CC1. The molecular formula is C14H22N2OS. The third-order valence-electron chi connectivity index (χ3n) is 3.26. The maximum absolute atomic E-state index is 12.2. The third-order valence-corrected chi connectivity index (χ3v) is 4.13. The summed E-state index contributed by atoms with van der Waals surface area (Å²) in [4.78, 5) is 15.6. The van der Waals surface area contributed by atoms with E-state index in [1.807, 2.05) is 13.0 Å². The Balaban J connectivity index is 1.83. The van der Waals surface area contributed by atoms with Crippen LogP contribution in [0.3, 0.4) is 0 Å². The van der Waals surface area contributed by atoms with Crippen molar-refractivity contribution in [2.45, 2.75) is 57.7 Å². The van der Waals surface area contributed by atoms with Gasteiger partial charge in [0.2, 0.25) is 5.91 Å². The molecule has 1 atom stereocenters. The van der Waals surface area contributed by atoms with Crippen molar-refractivity contribution in [3.63, 3.8) is 0 Å². The normalized spacial score (nSPS) is 16.6. The molecule has 0 aromatic carbocycles. The lowest BCUT2D eigenvalue weighted by molar-refractivity contribution is -0.132. The summed E-state index contributed by atoms with van der Waals surface area (Å²) in [5, 5.41) is 2.07. The number of hydrogen-bond donors (Lipinski definition) is 1. The summed E-state index contributed by atoms with van der Waals surface area (Å²) in [5.41, 5.74) is 5.71. The van der Waals surface area contributed by atoms with Gasteiger partial charge in [0, 0.05) is 23.4 Å².